The molecule has 2 heterocycles. The average molecular weight is 241 g/mol. The van der Waals surface area contributed by atoms with Crippen molar-refractivity contribution in [3.05, 3.63) is 5.01 Å². The van der Waals surface area contributed by atoms with E-state index in [9.17, 15) is 5.11 Å². The number of aliphatic hydroxyl groups excluding tert-OH is 1. The molecule has 0 unspecified atom stereocenters. The van der Waals surface area contributed by atoms with Crippen molar-refractivity contribution in [3.8, 4) is 0 Å². The Labute approximate surface area is 100 Å². The molecule has 1 saturated heterocycles. The van der Waals surface area contributed by atoms with Gasteiger partial charge in [0.1, 0.15) is 5.01 Å². The Morgan fingerprint density at radius 1 is 1.44 bits per heavy atom. The zero-order valence-electron chi connectivity index (χ0n) is 10.1. The average Bonchev–Trinajstić information content (AvgIpc) is 2.84. The summed E-state index contributed by atoms with van der Waals surface area (Å²) in [5, 5.41) is 19.8. The van der Waals surface area contributed by atoms with E-state index in [-0.39, 0.29) is 18.1 Å². The third-order valence-corrected chi connectivity index (χ3v) is 4.28. The molecule has 1 N–H and O–H groups in total. The Morgan fingerprint density at radius 2 is 2.19 bits per heavy atom. The van der Waals surface area contributed by atoms with E-state index in [0.717, 1.165) is 29.5 Å². The van der Waals surface area contributed by atoms with Gasteiger partial charge in [-0.1, -0.05) is 32.1 Å². The fourth-order valence-electron chi connectivity index (χ4n) is 1.91. The third-order valence-electron chi connectivity index (χ3n) is 2.89. The van der Waals surface area contributed by atoms with Crippen LogP contribution in [0.15, 0.2) is 0 Å². The number of hydrogen-bond acceptors (Lipinski definition) is 5. The van der Waals surface area contributed by atoms with E-state index in [1.54, 1.807) is 11.3 Å². The van der Waals surface area contributed by atoms with Crippen molar-refractivity contribution in [2.75, 3.05) is 18.1 Å². The Morgan fingerprint density at radius 3 is 2.75 bits per heavy atom. The minimum atomic E-state index is 0.0599. The summed E-state index contributed by atoms with van der Waals surface area (Å²) < 4.78 is 0. The molecule has 1 atom stereocenters. The minimum absolute atomic E-state index is 0.0599. The summed E-state index contributed by atoms with van der Waals surface area (Å²) >= 11 is 1.65. The maximum Gasteiger partial charge on any atom is 0.208 e. The summed E-state index contributed by atoms with van der Waals surface area (Å²) in [7, 11) is 0. The van der Waals surface area contributed by atoms with E-state index in [4.69, 9.17) is 0 Å². The van der Waals surface area contributed by atoms with Crippen molar-refractivity contribution in [2.45, 2.75) is 45.1 Å². The van der Waals surface area contributed by atoms with Gasteiger partial charge in [0, 0.05) is 12.0 Å². The highest BCUT2D eigenvalue weighted by Gasteiger charge is 2.28. The van der Waals surface area contributed by atoms with Gasteiger partial charge in [-0.25, -0.2) is 0 Å². The van der Waals surface area contributed by atoms with Crippen LogP contribution >= 0.6 is 11.3 Å². The second kappa shape index (κ2) is 4.30. The van der Waals surface area contributed by atoms with Crippen LogP contribution in [0.5, 0.6) is 0 Å². The van der Waals surface area contributed by atoms with Crippen molar-refractivity contribution in [1.82, 2.24) is 10.2 Å². The van der Waals surface area contributed by atoms with Crippen LogP contribution in [-0.4, -0.2) is 34.5 Å². The minimum Gasteiger partial charge on any atom is -0.394 e. The zero-order chi connectivity index (χ0) is 11.8. The first kappa shape index (κ1) is 11.8. The third kappa shape index (κ3) is 2.20. The van der Waals surface area contributed by atoms with Crippen LogP contribution in [0.4, 0.5) is 5.13 Å². The van der Waals surface area contributed by atoms with Crippen LogP contribution in [0.25, 0.3) is 0 Å². The van der Waals surface area contributed by atoms with Gasteiger partial charge in [-0.05, 0) is 12.8 Å². The van der Waals surface area contributed by atoms with E-state index in [2.05, 4.69) is 35.9 Å². The molecular weight excluding hydrogens is 222 g/mol. The summed E-state index contributed by atoms with van der Waals surface area (Å²) in [6.45, 7) is 7.63. The summed E-state index contributed by atoms with van der Waals surface area (Å²) in [5.41, 5.74) is 0.0599. The Balaban J connectivity index is 2.18. The molecule has 1 fully saturated rings. The van der Waals surface area contributed by atoms with E-state index in [1.807, 2.05) is 0 Å². The molecule has 1 aliphatic heterocycles. The molecule has 0 saturated carbocycles. The van der Waals surface area contributed by atoms with E-state index in [1.165, 1.54) is 0 Å². The maximum atomic E-state index is 9.28. The number of rotatable bonds is 2. The SMILES string of the molecule is CC(C)(C)c1nnc(N2CCC[C@@H]2CO)s1. The van der Waals surface area contributed by atoms with Gasteiger partial charge in [-0.15, -0.1) is 10.2 Å². The number of nitrogens with zero attached hydrogens (tertiary/aromatic N) is 3. The first-order chi connectivity index (χ1) is 7.52. The Kier molecular flexibility index (Phi) is 3.17. The largest absolute Gasteiger partial charge is 0.394 e. The molecule has 0 spiro atoms. The second-order valence-corrected chi connectivity index (χ2v) is 6.27. The molecule has 0 aromatic carbocycles. The van der Waals surface area contributed by atoms with Gasteiger partial charge in [-0.2, -0.15) is 0 Å². The van der Waals surface area contributed by atoms with Crippen LogP contribution in [0.2, 0.25) is 0 Å². The molecule has 1 aromatic heterocycles. The molecule has 5 heteroatoms. The summed E-state index contributed by atoms with van der Waals surface area (Å²) in [4.78, 5) is 2.19. The van der Waals surface area contributed by atoms with Gasteiger partial charge in [0.05, 0.1) is 12.6 Å². The van der Waals surface area contributed by atoms with Crippen molar-refractivity contribution in [2.24, 2.45) is 0 Å². The predicted molar refractivity (Wildman–Crippen MR) is 66.1 cm³/mol. The van der Waals surface area contributed by atoms with Crippen LogP contribution in [0.3, 0.4) is 0 Å². The predicted octanol–water partition coefficient (Wildman–Crippen LogP) is 1.80. The maximum absolute atomic E-state index is 9.28. The summed E-state index contributed by atoms with van der Waals surface area (Å²) in [6, 6.07) is 0.237. The van der Waals surface area contributed by atoms with Gasteiger partial charge in [0.2, 0.25) is 5.13 Å². The normalized spacial score (nSPS) is 21.8. The van der Waals surface area contributed by atoms with Gasteiger partial charge in [-0.3, -0.25) is 0 Å². The standard InChI is InChI=1S/C11H19N3OS/c1-11(2,3)9-12-13-10(16-9)14-6-4-5-8(14)7-15/h8,15H,4-7H2,1-3H3/t8-/m1/s1. The second-order valence-electron chi connectivity index (χ2n) is 5.31. The van der Waals surface area contributed by atoms with Crippen molar-refractivity contribution >= 4 is 16.5 Å². The molecule has 0 amide bonds. The van der Waals surface area contributed by atoms with Crippen molar-refractivity contribution in [3.63, 3.8) is 0 Å². The molecule has 1 aromatic rings. The Bertz CT molecular complexity index is 358. The fourth-order valence-corrected chi connectivity index (χ4v) is 2.91. The number of hydrogen-bond donors (Lipinski definition) is 1. The highest BCUT2D eigenvalue weighted by Crippen LogP contribution is 2.33. The number of anilines is 1. The topological polar surface area (TPSA) is 49.2 Å². The van der Waals surface area contributed by atoms with Crippen LogP contribution < -0.4 is 4.90 Å². The summed E-state index contributed by atoms with van der Waals surface area (Å²) in [5.74, 6) is 0. The molecule has 0 bridgehead atoms. The molecule has 2 rings (SSSR count). The van der Waals surface area contributed by atoms with Crippen LogP contribution in [-0.2, 0) is 5.41 Å². The lowest BCUT2D eigenvalue weighted by Gasteiger charge is -2.21. The van der Waals surface area contributed by atoms with Gasteiger partial charge in [0.15, 0.2) is 0 Å². The molecule has 0 aliphatic carbocycles. The van der Waals surface area contributed by atoms with Gasteiger partial charge < -0.3 is 10.0 Å². The van der Waals surface area contributed by atoms with E-state index in [0.29, 0.717) is 0 Å². The fraction of sp³-hybridized carbons (Fsp3) is 0.818. The lowest BCUT2D eigenvalue weighted by Crippen LogP contribution is -2.31. The quantitative estimate of drug-likeness (QED) is 0.857. The number of aliphatic hydroxyl groups is 1. The first-order valence-corrected chi connectivity index (χ1v) is 6.55. The highest BCUT2D eigenvalue weighted by molar-refractivity contribution is 7.15. The van der Waals surface area contributed by atoms with Gasteiger partial charge in [0.25, 0.3) is 0 Å². The first-order valence-electron chi connectivity index (χ1n) is 5.74. The van der Waals surface area contributed by atoms with Crippen molar-refractivity contribution in [1.29, 1.82) is 0 Å². The van der Waals surface area contributed by atoms with Crippen molar-refractivity contribution < 1.29 is 5.11 Å². The molecule has 90 valence electrons. The zero-order valence-corrected chi connectivity index (χ0v) is 10.9. The molecule has 1 aliphatic rings. The number of aromatic nitrogens is 2. The Hall–Kier alpha value is -0.680. The van der Waals surface area contributed by atoms with Crippen LogP contribution in [0, 0.1) is 0 Å². The molecule has 0 radical (unpaired) electrons. The van der Waals surface area contributed by atoms with E-state index >= 15 is 0 Å². The van der Waals surface area contributed by atoms with Gasteiger partial charge >= 0.3 is 0 Å². The lowest BCUT2D eigenvalue weighted by atomic mass is 9.98. The molecule has 4 nitrogen and oxygen atoms in total. The molecule has 16 heavy (non-hydrogen) atoms. The van der Waals surface area contributed by atoms with Crippen LogP contribution in [0.1, 0.15) is 38.6 Å². The summed E-state index contributed by atoms with van der Waals surface area (Å²) in [6.07, 6.45) is 2.19. The molecular formula is C11H19N3OS. The smallest absolute Gasteiger partial charge is 0.208 e. The lowest BCUT2D eigenvalue weighted by molar-refractivity contribution is 0.266. The highest BCUT2D eigenvalue weighted by atomic mass is 32.1. The van der Waals surface area contributed by atoms with E-state index < -0.39 is 0 Å². The monoisotopic (exact) mass is 241 g/mol.